The molecule has 0 fully saturated rings. The van der Waals surface area contributed by atoms with Crippen LogP contribution in [0.1, 0.15) is 37.0 Å². The van der Waals surface area contributed by atoms with Crippen LogP contribution in [0.5, 0.6) is 0 Å². The highest BCUT2D eigenvalue weighted by molar-refractivity contribution is 7.25. The van der Waals surface area contributed by atoms with E-state index in [2.05, 4.69) is 225 Å². The summed E-state index contributed by atoms with van der Waals surface area (Å²) in [5, 5.41) is 12.0. The van der Waals surface area contributed by atoms with E-state index in [1.165, 1.54) is 63.6 Å². The third-order valence-corrected chi connectivity index (χ3v) is 15.1. The molecule has 1 atom stereocenters. The molecule has 0 aliphatic carbocycles. The fourth-order valence-corrected chi connectivity index (χ4v) is 11.4. The number of benzene rings is 10. The molecule has 0 bridgehead atoms. The molecule has 3 aromatic heterocycles. The van der Waals surface area contributed by atoms with E-state index in [4.69, 9.17) is 14.4 Å². The molecule has 324 valence electrons. The molecule has 0 aliphatic heterocycles. The Balaban J connectivity index is 1.04. The van der Waals surface area contributed by atoms with E-state index in [0.717, 1.165) is 67.5 Å². The summed E-state index contributed by atoms with van der Waals surface area (Å²) < 4.78 is 12.1. The van der Waals surface area contributed by atoms with Crippen molar-refractivity contribution < 1.29 is 4.42 Å². The molecule has 10 aromatic carbocycles. The summed E-state index contributed by atoms with van der Waals surface area (Å²) in [4.78, 5) is 11.1. The second-order valence-corrected chi connectivity index (χ2v) is 19.1. The van der Waals surface area contributed by atoms with Crippen LogP contribution in [0.2, 0.25) is 0 Å². The topological polar surface area (TPSA) is 42.8 Å². The average Bonchev–Trinajstić information content (AvgIpc) is 4.08. The molecule has 0 saturated carbocycles. The van der Waals surface area contributed by atoms with Gasteiger partial charge in [-0.15, -0.1) is 11.3 Å². The normalized spacial score (nSPS) is 13.1. The number of aromatic nitrogens is 1. The second kappa shape index (κ2) is 16.3. The summed E-state index contributed by atoms with van der Waals surface area (Å²) in [6.45, 7) is 5.01. The van der Waals surface area contributed by atoms with Gasteiger partial charge in [-0.3, -0.25) is 4.99 Å². The Labute approximate surface area is 397 Å². The zero-order chi connectivity index (χ0) is 45.3. The first-order chi connectivity index (χ1) is 33.6. The van der Waals surface area contributed by atoms with E-state index in [1.54, 1.807) is 0 Å². The Morgan fingerprint density at radius 1 is 0.544 bits per heavy atom. The number of hydrogen-bond donors (Lipinski definition) is 0. The zero-order valence-electron chi connectivity index (χ0n) is 37.8. The molecule has 5 heteroatoms. The van der Waals surface area contributed by atoms with E-state index < -0.39 is 0 Å². The lowest BCUT2D eigenvalue weighted by Gasteiger charge is -2.17. The van der Waals surface area contributed by atoms with Crippen molar-refractivity contribution in [1.82, 2.24) is 4.57 Å². The van der Waals surface area contributed by atoms with Gasteiger partial charge in [-0.2, -0.15) is 0 Å². The van der Waals surface area contributed by atoms with Crippen molar-refractivity contribution in [3.05, 3.63) is 223 Å². The number of fused-ring (bicyclic) bond motifs is 12. The highest BCUT2D eigenvalue weighted by Gasteiger charge is 2.25. The van der Waals surface area contributed by atoms with E-state index in [-0.39, 0.29) is 5.92 Å². The molecule has 0 N–H and O–H groups in total. The molecular formula is C63H45N3OS. The molecule has 0 radical (unpaired) electrons. The predicted octanol–water partition coefficient (Wildman–Crippen LogP) is 17.5. The van der Waals surface area contributed by atoms with Gasteiger partial charge in [0.25, 0.3) is 0 Å². The lowest BCUT2D eigenvalue weighted by Crippen LogP contribution is -2.16. The molecule has 13 rings (SSSR count). The Morgan fingerprint density at radius 3 is 2.06 bits per heavy atom. The standard InChI is InChI=1S/C63H45N3OS/c1-3-39(2)61(65-63(46-30-34-58-51(36-46)48-21-12-14-24-57(48)68-58)64-38-40-25-27-42(28-26-40)41-15-5-4-6-16-41)50-31-33-54(60-49-22-11-13-23-56(49)67-62(50)60)66-53-32-29-43-17-9-10-20-47(43)59(53)52-35-44-18-7-8-19-45(44)37-55(52)66/h4-37,39H,3,38H2,1-2H3/b64-63-,65-61+. The van der Waals surface area contributed by atoms with Crippen molar-refractivity contribution in [2.75, 3.05) is 0 Å². The van der Waals surface area contributed by atoms with E-state index in [0.29, 0.717) is 12.4 Å². The minimum absolute atomic E-state index is 0.0873. The molecule has 13 aromatic rings. The van der Waals surface area contributed by atoms with Crippen LogP contribution < -0.4 is 0 Å². The van der Waals surface area contributed by atoms with E-state index >= 15 is 0 Å². The summed E-state index contributed by atoms with van der Waals surface area (Å²) in [5.41, 5.74) is 11.5. The number of nitrogens with zero attached hydrogens (tertiary/aromatic N) is 3. The number of rotatable bonds is 8. The maximum atomic E-state index is 7.09. The molecule has 0 saturated heterocycles. The van der Waals surface area contributed by atoms with Crippen molar-refractivity contribution >= 4 is 108 Å². The summed E-state index contributed by atoms with van der Waals surface area (Å²) in [7, 11) is 0. The Kier molecular flexibility index (Phi) is 9.65. The highest BCUT2D eigenvalue weighted by Crippen LogP contribution is 2.44. The molecule has 3 heterocycles. The van der Waals surface area contributed by atoms with Crippen molar-refractivity contribution in [2.24, 2.45) is 15.9 Å². The maximum absolute atomic E-state index is 7.09. The van der Waals surface area contributed by atoms with Crippen molar-refractivity contribution in [1.29, 1.82) is 0 Å². The van der Waals surface area contributed by atoms with Gasteiger partial charge in [0.1, 0.15) is 11.2 Å². The Hall–Kier alpha value is -8.12. The third-order valence-electron chi connectivity index (χ3n) is 14.0. The fraction of sp³-hybridized carbons (Fsp3) is 0.0794. The van der Waals surface area contributed by atoms with Crippen molar-refractivity contribution in [2.45, 2.75) is 26.8 Å². The Morgan fingerprint density at radius 2 is 1.24 bits per heavy atom. The van der Waals surface area contributed by atoms with Crippen LogP contribution in [0.15, 0.2) is 221 Å². The van der Waals surface area contributed by atoms with Gasteiger partial charge in [0, 0.05) is 47.5 Å². The molecule has 0 spiro atoms. The van der Waals surface area contributed by atoms with Crippen molar-refractivity contribution in [3.8, 4) is 16.8 Å². The van der Waals surface area contributed by atoms with Crippen LogP contribution in [0.3, 0.4) is 0 Å². The van der Waals surface area contributed by atoms with Gasteiger partial charge in [0.15, 0.2) is 5.84 Å². The minimum atomic E-state index is 0.0873. The first-order valence-electron chi connectivity index (χ1n) is 23.6. The van der Waals surface area contributed by atoms with Crippen LogP contribution in [0.4, 0.5) is 0 Å². The van der Waals surface area contributed by atoms with Crippen LogP contribution in [0, 0.1) is 5.92 Å². The number of hydrogen-bond acceptors (Lipinski definition) is 3. The van der Waals surface area contributed by atoms with Gasteiger partial charge in [-0.25, -0.2) is 4.99 Å². The second-order valence-electron chi connectivity index (χ2n) is 18.0. The monoisotopic (exact) mass is 891 g/mol. The number of thiophene rings is 1. The highest BCUT2D eigenvalue weighted by atomic mass is 32.1. The van der Waals surface area contributed by atoms with Gasteiger partial charge in [-0.05, 0) is 111 Å². The fourth-order valence-electron chi connectivity index (χ4n) is 10.3. The van der Waals surface area contributed by atoms with Crippen LogP contribution >= 0.6 is 11.3 Å². The van der Waals surface area contributed by atoms with Gasteiger partial charge >= 0.3 is 0 Å². The summed E-state index contributed by atoms with van der Waals surface area (Å²) >= 11 is 1.83. The number of amidine groups is 1. The Bertz CT molecular complexity index is 4170. The minimum Gasteiger partial charge on any atom is -0.455 e. The first-order valence-corrected chi connectivity index (χ1v) is 24.4. The summed E-state index contributed by atoms with van der Waals surface area (Å²) in [6.07, 6.45) is 0.887. The molecular weight excluding hydrogens is 847 g/mol. The average molecular weight is 892 g/mol. The smallest absolute Gasteiger partial charge is 0.155 e. The van der Waals surface area contributed by atoms with E-state index in [9.17, 15) is 0 Å². The largest absolute Gasteiger partial charge is 0.455 e. The molecule has 0 aliphatic rings. The van der Waals surface area contributed by atoms with Crippen LogP contribution in [-0.4, -0.2) is 16.1 Å². The lowest BCUT2D eigenvalue weighted by atomic mass is 9.93. The maximum Gasteiger partial charge on any atom is 0.155 e. The van der Waals surface area contributed by atoms with E-state index in [1.807, 2.05) is 11.3 Å². The van der Waals surface area contributed by atoms with Crippen LogP contribution in [0.25, 0.3) is 102 Å². The lowest BCUT2D eigenvalue weighted by molar-refractivity contribution is 0.665. The molecule has 4 nitrogen and oxygen atoms in total. The van der Waals surface area contributed by atoms with Gasteiger partial charge in [-0.1, -0.05) is 159 Å². The quantitative estimate of drug-likeness (QED) is 0.111. The zero-order valence-corrected chi connectivity index (χ0v) is 38.6. The van der Waals surface area contributed by atoms with Gasteiger partial charge in [0.05, 0.1) is 34.4 Å². The summed E-state index contributed by atoms with van der Waals surface area (Å²) in [6, 6.07) is 74.4. The molecule has 0 amide bonds. The SMILES string of the molecule is CCC(C)/C(=N\C(=N/Cc1ccc(-c2ccccc2)cc1)c1ccc2sc3ccccc3c2c1)c1ccc(-n2c3cc4ccccc4cc3c3c4ccccc4ccc32)c2c1oc1ccccc12. The van der Waals surface area contributed by atoms with Crippen molar-refractivity contribution in [3.63, 3.8) is 0 Å². The number of aliphatic imine (C=N–C) groups is 2. The predicted molar refractivity (Wildman–Crippen MR) is 291 cm³/mol. The number of para-hydroxylation sites is 1. The van der Waals surface area contributed by atoms with Gasteiger partial charge < -0.3 is 8.98 Å². The van der Waals surface area contributed by atoms with Crippen LogP contribution in [-0.2, 0) is 6.54 Å². The molecule has 68 heavy (non-hydrogen) atoms. The van der Waals surface area contributed by atoms with Gasteiger partial charge in [0.2, 0.25) is 0 Å². The third kappa shape index (κ3) is 6.64. The number of furan rings is 1. The first kappa shape index (κ1) is 40.2. The summed E-state index contributed by atoms with van der Waals surface area (Å²) in [5.74, 6) is 0.795. The molecule has 1 unspecified atom stereocenters.